The molecule has 90 valence electrons. The van der Waals surface area contributed by atoms with Crippen LogP contribution in [0.4, 0.5) is 0 Å². The predicted octanol–water partition coefficient (Wildman–Crippen LogP) is 0.626. The molecule has 0 unspecified atom stereocenters. The minimum atomic E-state index is -4.64. The largest absolute Gasteiger partial charge is 0.524 e. The molecular weight excluding hydrogens is 233 g/mol. The van der Waals surface area contributed by atoms with Crippen molar-refractivity contribution in [2.24, 2.45) is 0 Å². The Balaban J connectivity index is 2.86. The summed E-state index contributed by atoms with van der Waals surface area (Å²) in [5.74, 6) is -0.501. The molecule has 6 nitrogen and oxygen atoms in total. The highest BCUT2D eigenvalue weighted by Crippen LogP contribution is 2.41. The SMILES string of the molecule is CNCCc1ccc(O)c(OP(=O)(O)O)c1. The predicted molar refractivity (Wildman–Crippen MR) is 58.4 cm³/mol. The van der Waals surface area contributed by atoms with E-state index in [2.05, 4.69) is 9.84 Å². The van der Waals surface area contributed by atoms with Crippen molar-refractivity contribution in [2.75, 3.05) is 13.6 Å². The Morgan fingerprint density at radius 2 is 2.12 bits per heavy atom. The van der Waals surface area contributed by atoms with Crippen molar-refractivity contribution in [1.29, 1.82) is 0 Å². The van der Waals surface area contributed by atoms with Crippen LogP contribution in [0.1, 0.15) is 5.56 Å². The molecule has 0 aliphatic carbocycles. The summed E-state index contributed by atoms with van der Waals surface area (Å²) in [5, 5.41) is 12.3. The number of hydrogen-bond acceptors (Lipinski definition) is 4. The van der Waals surface area contributed by atoms with Crippen LogP contribution >= 0.6 is 7.82 Å². The van der Waals surface area contributed by atoms with Crippen molar-refractivity contribution in [2.45, 2.75) is 6.42 Å². The summed E-state index contributed by atoms with van der Waals surface area (Å²) in [7, 11) is -2.84. The van der Waals surface area contributed by atoms with Gasteiger partial charge in [0.15, 0.2) is 11.5 Å². The van der Waals surface area contributed by atoms with Crippen LogP contribution in [0.5, 0.6) is 11.5 Å². The van der Waals surface area contributed by atoms with Gasteiger partial charge in [-0.05, 0) is 37.7 Å². The molecule has 1 aromatic rings. The number of phenolic OH excluding ortho intramolecular Hbond substituents is 1. The number of phosphoric acid groups is 1. The van der Waals surface area contributed by atoms with Crippen molar-refractivity contribution in [3.63, 3.8) is 0 Å². The molecule has 1 aromatic carbocycles. The molecule has 0 aliphatic heterocycles. The molecule has 0 heterocycles. The van der Waals surface area contributed by atoms with Gasteiger partial charge in [0.05, 0.1) is 0 Å². The number of phenols is 1. The molecule has 0 saturated carbocycles. The Morgan fingerprint density at radius 3 is 2.69 bits per heavy atom. The lowest BCUT2D eigenvalue weighted by molar-refractivity contribution is 0.277. The normalized spacial score (nSPS) is 11.4. The highest BCUT2D eigenvalue weighted by Gasteiger charge is 2.18. The second kappa shape index (κ2) is 5.32. The molecule has 0 aromatic heterocycles. The third kappa shape index (κ3) is 4.20. The summed E-state index contributed by atoms with van der Waals surface area (Å²) in [6.07, 6.45) is 0.675. The van der Waals surface area contributed by atoms with Crippen molar-refractivity contribution in [1.82, 2.24) is 5.32 Å². The van der Waals surface area contributed by atoms with Crippen LogP contribution in [0, 0.1) is 0 Å². The summed E-state index contributed by atoms with van der Waals surface area (Å²) >= 11 is 0. The molecule has 0 spiro atoms. The van der Waals surface area contributed by atoms with Gasteiger partial charge in [0.2, 0.25) is 0 Å². The maximum atomic E-state index is 10.6. The first kappa shape index (κ1) is 13.0. The summed E-state index contributed by atoms with van der Waals surface area (Å²) in [4.78, 5) is 17.3. The fourth-order valence-electron chi connectivity index (χ4n) is 1.18. The minimum Gasteiger partial charge on any atom is -0.504 e. The van der Waals surface area contributed by atoms with Gasteiger partial charge in [-0.15, -0.1) is 0 Å². The first-order valence-electron chi connectivity index (χ1n) is 4.64. The monoisotopic (exact) mass is 247 g/mol. The van der Waals surface area contributed by atoms with Gasteiger partial charge in [-0.2, -0.15) is 0 Å². The molecule has 0 bridgehead atoms. The summed E-state index contributed by atoms with van der Waals surface area (Å²) in [6.45, 7) is 0.722. The lowest BCUT2D eigenvalue weighted by atomic mass is 10.1. The molecule has 1 rings (SSSR count). The fraction of sp³-hybridized carbons (Fsp3) is 0.333. The van der Waals surface area contributed by atoms with E-state index >= 15 is 0 Å². The third-order valence-corrected chi connectivity index (χ3v) is 2.34. The average Bonchev–Trinajstić information content (AvgIpc) is 2.17. The zero-order valence-electron chi connectivity index (χ0n) is 8.75. The van der Waals surface area contributed by atoms with Gasteiger partial charge in [0, 0.05) is 0 Å². The van der Waals surface area contributed by atoms with Gasteiger partial charge >= 0.3 is 7.82 Å². The van der Waals surface area contributed by atoms with Crippen LogP contribution in [-0.4, -0.2) is 28.5 Å². The van der Waals surface area contributed by atoms with Crippen LogP contribution in [0.2, 0.25) is 0 Å². The molecular formula is C9H14NO5P. The Hall–Kier alpha value is -1.07. The van der Waals surface area contributed by atoms with Gasteiger partial charge < -0.3 is 14.9 Å². The quantitative estimate of drug-likeness (QED) is 0.569. The topological polar surface area (TPSA) is 99.0 Å². The third-order valence-electron chi connectivity index (χ3n) is 1.91. The van der Waals surface area contributed by atoms with E-state index in [-0.39, 0.29) is 11.5 Å². The van der Waals surface area contributed by atoms with Crippen LogP contribution in [0.25, 0.3) is 0 Å². The van der Waals surface area contributed by atoms with E-state index < -0.39 is 7.82 Å². The van der Waals surface area contributed by atoms with E-state index in [9.17, 15) is 9.67 Å². The van der Waals surface area contributed by atoms with Crippen molar-refractivity contribution in [3.8, 4) is 11.5 Å². The summed E-state index contributed by atoms with van der Waals surface area (Å²) in [6, 6.07) is 4.42. The lowest BCUT2D eigenvalue weighted by Gasteiger charge is -2.10. The average molecular weight is 247 g/mol. The highest BCUT2D eigenvalue weighted by atomic mass is 31.2. The molecule has 0 aliphatic rings. The van der Waals surface area contributed by atoms with E-state index in [4.69, 9.17) is 9.79 Å². The molecule has 0 radical (unpaired) electrons. The van der Waals surface area contributed by atoms with Gasteiger partial charge in [0.25, 0.3) is 0 Å². The number of benzene rings is 1. The zero-order chi connectivity index (χ0) is 12.2. The second-order valence-electron chi connectivity index (χ2n) is 3.24. The van der Waals surface area contributed by atoms with Crippen LogP contribution in [0.15, 0.2) is 18.2 Å². The first-order chi connectivity index (χ1) is 7.42. The second-order valence-corrected chi connectivity index (χ2v) is 4.40. The molecule has 7 heteroatoms. The van der Waals surface area contributed by atoms with Gasteiger partial charge in [0.1, 0.15) is 0 Å². The van der Waals surface area contributed by atoms with Crippen LogP contribution in [0.3, 0.4) is 0 Å². The van der Waals surface area contributed by atoms with Gasteiger partial charge in [-0.25, -0.2) is 4.57 Å². The first-order valence-corrected chi connectivity index (χ1v) is 6.17. The summed E-state index contributed by atoms with van der Waals surface area (Å²) < 4.78 is 15.0. The zero-order valence-corrected chi connectivity index (χ0v) is 9.65. The number of aromatic hydroxyl groups is 1. The molecule has 0 amide bonds. The van der Waals surface area contributed by atoms with Crippen LogP contribution < -0.4 is 9.84 Å². The Labute approximate surface area is 93.1 Å². The Kier molecular flexibility index (Phi) is 4.32. The Morgan fingerprint density at radius 1 is 1.44 bits per heavy atom. The molecule has 0 atom stereocenters. The molecule has 16 heavy (non-hydrogen) atoms. The van der Waals surface area contributed by atoms with E-state index in [0.717, 1.165) is 12.1 Å². The van der Waals surface area contributed by atoms with E-state index in [0.29, 0.717) is 6.42 Å². The van der Waals surface area contributed by atoms with E-state index in [1.165, 1.54) is 12.1 Å². The maximum Gasteiger partial charge on any atom is 0.524 e. The molecule has 4 N–H and O–H groups in total. The molecule has 0 saturated heterocycles. The van der Waals surface area contributed by atoms with E-state index in [1.54, 1.807) is 13.1 Å². The van der Waals surface area contributed by atoms with Crippen LogP contribution in [-0.2, 0) is 11.0 Å². The highest BCUT2D eigenvalue weighted by molar-refractivity contribution is 7.46. The maximum absolute atomic E-state index is 10.6. The Bertz CT molecular complexity index is 403. The number of phosphoric ester groups is 1. The number of hydrogen-bond donors (Lipinski definition) is 4. The number of likely N-dealkylation sites (N-methyl/N-ethyl adjacent to an activating group) is 1. The van der Waals surface area contributed by atoms with Crippen molar-refractivity contribution in [3.05, 3.63) is 23.8 Å². The van der Waals surface area contributed by atoms with E-state index in [1.807, 2.05) is 0 Å². The van der Waals surface area contributed by atoms with Gasteiger partial charge in [-0.3, -0.25) is 9.79 Å². The molecule has 0 fully saturated rings. The number of nitrogens with one attached hydrogen (secondary N) is 1. The number of rotatable bonds is 5. The van der Waals surface area contributed by atoms with Gasteiger partial charge in [-0.1, -0.05) is 6.07 Å². The lowest BCUT2D eigenvalue weighted by Crippen LogP contribution is -2.10. The van der Waals surface area contributed by atoms with Crippen molar-refractivity contribution < 1.29 is 24.0 Å². The minimum absolute atomic E-state index is 0.207. The smallest absolute Gasteiger partial charge is 0.504 e. The summed E-state index contributed by atoms with van der Waals surface area (Å²) in [5.41, 5.74) is 0.815. The standard InChI is InChI=1S/C9H14NO5P/c1-10-5-4-7-2-3-8(11)9(6-7)15-16(12,13)14/h2-3,6,10-11H,4-5H2,1H3,(H2,12,13,14). The fourth-order valence-corrected chi connectivity index (χ4v) is 1.59. The van der Waals surface area contributed by atoms with Crippen molar-refractivity contribution >= 4 is 7.82 Å².